The lowest BCUT2D eigenvalue weighted by atomic mass is 9.78. The predicted octanol–water partition coefficient (Wildman–Crippen LogP) is -0.616. The number of hydrogen-bond donors (Lipinski definition) is 2. The molecule has 0 aliphatic heterocycles. The van der Waals surface area contributed by atoms with E-state index in [4.69, 9.17) is 5.11 Å². The van der Waals surface area contributed by atoms with E-state index in [9.17, 15) is 13.2 Å². The number of carbonyl (C=O) groups excluding carboxylic acids is 1. The zero-order chi connectivity index (χ0) is 12.2. The maximum atomic E-state index is 11.6. The molecule has 1 fully saturated rings. The number of ether oxygens (including phenoxy) is 1. The Morgan fingerprint density at radius 2 is 2.12 bits per heavy atom. The minimum Gasteiger partial charge on any atom is -0.469 e. The molecule has 0 aromatic carbocycles. The van der Waals surface area contributed by atoms with Gasteiger partial charge in [-0.25, -0.2) is 13.1 Å². The molecule has 0 radical (unpaired) electrons. The molecule has 16 heavy (non-hydrogen) atoms. The van der Waals surface area contributed by atoms with Crippen LogP contribution in [0.25, 0.3) is 0 Å². The van der Waals surface area contributed by atoms with Crippen LogP contribution in [0.2, 0.25) is 0 Å². The monoisotopic (exact) mass is 251 g/mol. The molecule has 2 N–H and O–H groups in total. The van der Waals surface area contributed by atoms with E-state index < -0.39 is 21.5 Å². The number of nitrogens with one attached hydrogen (secondary N) is 1. The number of methoxy groups -OCH3 is 1. The predicted molar refractivity (Wildman–Crippen MR) is 57.2 cm³/mol. The summed E-state index contributed by atoms with van der Waals surface area (Å²) in [5.74, 6) is -0.862. The van der Waals surface area contributed by atoms with Gasteiger partial charge in [-0.2, -0.15) is 0 Å². The number of rotatable bonds is 6. The van der Waals surface area contributed by atoms with Gasteiger partial charge in [0.2, 0.25) is 10.0 Å². The van der Waals surface area contributed by atoms with Gasteiger partial charge in [-0.3, -0.25) is 4.79 Å². The average molecular weight is 251 g/mol. The minimum atomic E-state index is -3.53. The summed E-state index contributed by atoms with van der Waals surface area (Å²) < 4.78 is 30.0. The lowest BCUT2D eigenvalue weighted by Crippen LogP contribution is -2.56. The molecule has 0 bridgehead atoms. The van der Waals surface area contributed by atoms with Gasteiger partial charge in [0.25, 0.3) is 0 Å². The molecule has 94 valence electrons. The number of aliphatic hydroxyl groups excluding tert-OH is 1. The zero-order valence-corrected chi connectivity index (χ0v) is 10.0. The maximum Gasteiger partial charge on any atom is 0.306 e. The van der Waals surface area contributed by atoms with Crippen LogP contribution < -0.4 is 4.72 Å². The van der Waals surface area contributed by atoms with E-state index in [2.05, 4.69) is 9.46 Å². The molecule has 1 aliphatic rings. The fourth-order valence-electron chi connectivity index (χ4n) is 1.60. The second kappa shape index (κ2) is 5.11. The highest BCUT2D eigenvalue weighted by Gasteiger charge is 2.39. The molecule has 0 aromatic rings. The normalized spacial score (nSPS) is 18.9. The van der Waals surface area contributed by atoms with Crippen molar-refractivity contribution >= 4 is 16.0 Å². The number of sulfonamides is 1. The second-order valence-corrected chi connectivity index (χ2v) is 5.88. The standard InChI is InChI=1S/C9H17NO5S/c1-15-8(12)3-6-16(13,14)10-9(7-11)4-2-5-9/h10-11H,2-7H2,1H3. The van der Waals surface area contributed by atoms with Gasteiger partial charge in [-0.1, -0.05) is 0 Å². The van der Waals surface area contributed by atoms with Gasteiger partial charge in [0.05, 0.1) is 31.4 Å². The van der Waals surface area contributed by atoms with Crippen LogP contribution in [0.15, 0.2) is 0 Å². The molecule has 0 aromatic heterocycles. The molecule has 6 nitrogen and oxygen atoms in total. The Morgan fingerprint density at radius 3 is 2.50 bits per heavy atom. The van der Waals surface area contributed by atoms with E-state index in [1.54, 1.807) is 0 Å². The molecule has 0 amide bonds. The topological polar surface area (TPSA) is 92.7 Å². The van der Waals surface area contributed by atoms with Crippen molar-refractivity contribution in [1.82, 2.24) is 4.72 Å². The van der Waals surface area contributed by atoms with Gasteiger partial charge < -0.3 is 9.84 Å². The van der Waals surface area contributed by atoms with Crippen LogP contribution in [0.1, 0.15) is 25.7 Å². The van der Waals surface area contributed by atoms with Gasteiger partial charge in [-0.05, 0) is 19.3 Å². The molecule has 0 heterocycles. The number of hydrogen-bond acceptors (Lipinski definition) is 5. The first-order valence-corrected chi connectivity index (χ1v) is 6.78. The van der Waals surface area contributed by atoms with Crippen LogP contribution in [0.3, 0.4) is 0 Å². The molecule has 0 atom stereocenters. The SMILES string of the molecule is COC(=O)CCS(=O)(=O)NC1(CO)CCC1. The highest BCUT2D eigenvalue weighted by atomic mass is 32.2. The van der Waals surface area contributed by atoms with Crippen LogP contribution in [-0.4, -0.2) is 44.5 Å². The Hall–Kier alpha value is -0.660. The Bertz CT molecular complexity index is 341. The smallest absolute Gasteiger partial charge is 0.306 e. The van der Waals surface area contributed by atoms with E-state index in [1.165, 1.54) is 7.11 Å². The molecule has 1 aliphatic carbocycles. The molecular weight excluding hydrogens is 234 g/mol. The molecule has 7 heteroatoms. The van der Waals surface area contributed by atoms with Gasteiger partial charge in [-0.15, -0.1) is 0 Å². The Labute approximate surface area is 95.0 Å². The Balaban J connectivity index is 2.48. The molecule has 1 saturated carbocycles. The third kappa shape index (κ3) is 3.43. The van der Waals surface area contributed by atoms with Crippen molar-refractivity contribution in [2.75, 3.05) is 19.5 Å². The van der Waals surface area contributed by atoms with Gasteiger partial charge in [0.1, 0.15) is 0 Å². The second-order valence-electron chi connectivity index (χ2n) is 4.04. The zero-order valence-electron chi connectivity index (χ0n) is 9.23. The van der Waals surface area contributed by atoms with Crippen molar-refractivity contribution in [2.24, 2.45) is 0 Å². The summed E-state index contributed by atoms with van der Waals surface area (Å²) >= 11 is 0. The van der Waals surface area contributed by atoms with Crippen LogP contribution in [0.5, 0.6) is 0 Å². The number of esters is 1. The van der Waals surface area contributed by atoms with E-state index in [1.807, 2.05) is 0 Å². The van der Waals surface area contributed by atoms with Crippen molar-refractivity contribution < 1.29 is 23.1 Å². The highest BCUT2D eigenvalue weighted by molar-refractivity contribution is 7.89. The van der Waals surface area contributed by atoms with Crippen molar-refractivity contribution in [3.8, 4) is 0 Å². The molecule has 0 unspecified atom stereocenters. The quantitative estimate of drug-likeness (QED) is 0.614. The first-order valence-electron chi connectivity index (χ1n) is 5.12. The van der Waals surface area contributed by atoms with Crippen molar-refractivity contribution in [1.29, 1.82) is 0 Å². The fourth-order valence-corrected chi connectivity index (χ4v) is 3.06. The third-order valence-electron chi connectivity index (χ3n) is 2.79. The first kappa shape index (κ1) is 13.4. The maximum absolute atomic E-state index is 11.6. The largest absolute Gasteiger partial charge is 0.469 e. The average Bonchev–Trinajstić information content (AvgIpc) is 2.20. The number of aliphatic hydroxyl groups is 1. The van der Waals surface area contributed by atoms with E-state index in [0.29, 0.717) is 12.8 Å². The number of carbonyl (C=O) groups is 1. The van der Waals surface area contributed by atoms with Gasteiger partial charge in [0.15, 0.2) is 0 Å². The highest BCUT2D eigenvalue weighted by Crippen LogP contribution is 2.31. The summed E-state index contributed by atoms with van der Waals surface area (Å²) in [4.78, 5) is 10.8. The van der Waals surface area contributed by atoms with Crippen molar-refractivity contribution in [2.45, 2.75) is 31.2 Å². The van der Waals surface area contributed by atoms with E-state index in [-0.39, 0.29) is 18.8 Å². The molecule has 1 rings (SSSR count). The van der Waals surface area contributed by atoms with Crippen LogP contribution in [0, 0.1) is 0 Å². The molecular formula is C9H17NO5S. The van der Waals surface area contributed by atoms with Crippen LogP contribution in [-0.2, 0) is 19.6 Å². The summed E-state index contributed by atoms with van der Waals surface area (Å²) in [7, 11) is -2.32. The summed E-state index contributed by atoms with van der Waals surface area (Å²) in [6.45, 7) is -0.204. The molecule has 0 spiro atoms. The lowest BCUT2D eigenvalue weighted by Gasteiger charge is -2.40. The summed E-state index contributed by atoms with van der Waals surface area (Å²) in [5.41, 5.74) is -0.699. The summed E-state index contributed by atoms with van der Waals surface area (Å²) in [6, 6.07) is 0. The summed E-state index contributed by atoms with van der Waals surface area (Å²) in [6.07, 6.45) is 2.01. The van der Waals surface area contributed by atoms with Crippen molar-refractivity contribution in [3.63, 3.8) is 0 Å². The van der Waals surface area contributed by atoms with Gasteiger partial charge >= 0.3 is 5.97 Å². The third-order valence-corrected chi connectivity index (χ3v) is 4.27. The fraction of sp³-hybridized carbons (Fsp3) is 0.889. The Morgan fingerprint density at radius 1 is 1.50 bits per heavy atom. The Kier molecular flexibility index (Phi) is 4.28. The van der Waals surface area contributed by atoms with Gasteiger partial charge in [0, 0.05) is 0 Å². The molecule has 0 saturated heterocycles. The van der Waals surface area contributed by atoms with Crippen LogP contribution >= 0.6 is 0 Å². The van der Waals surface area contributed by atoms with Crippen molar-refractivity contribution in [3.05, 3.63) is 0 Å². The van der Waals surface area contributed by atoms with E-state index in [0.717, 1.165) is 6.42 Å². The minimum absolute atomic E-state index is 0.173. The first-order chi connectivity index (χ1) is 7.43. The van der Waals surface area contributed by atoms with E-state index >= 15 is 0 Å². The lowest BCUT2D eigenvalue weighted by molar-refractivity contribution is -0.140. The summed E-state index contributed by atoms with van der Waals surface area (Å²) in [5, 5.41) is 9.10. The van der Waals surface area contributed by atoms with Crippen LogP contribution in [0.4, 0.5) is 0 Å².